The number of benzene rings is 1. The maximum atomic E-state index is 12.4. The van der Waals surface area contributed by atoms with E-state index in [9.17, 15) is 34.4 Å². The summed E-state index contributed by atoms with van der Waals surface area (Å²) >= 11 is 0. The second-order valence-corrected chi connectivity index (χ2v) is 7.00. The fourth-order valence-corrected chi connectivity index (χ4v) is 3.22. The molecule has 0 unspecified atom stereocenters. The van der Waals surface area contributed by atoms with E-state index in [-0.39, 0.29) is 17.0 Å². The molecule has 14 heteroatoms. The Labute approximate surface area is 192 Å². The van der Waals surface area contributed by atoms with Crippen LogP contribution in [0.2, 0.25) is 0 Å². The lowest BCUT2D eigenvalue weighted by molar-refractivity contribution is -0.385. The van der Waals surface area contributed by atoms with E-state index in [1.54, 1.807) is 0 Å². The van der Waals surface area contributed by atoms with Gasteiger partial charge in [-0.3, -0.25) is 24.5 Å². The number of carbonyl (C=O) groups is 4. The maximum absolute atomic E-state index is 12.4. The summed E-state index contributed by atoms with van der Waals surface area (Å²) in [4.78, 5) is 58.0. The van der Waals surface area contributed by atoms with E-state index < -0.39 is 66.1 Å². The van der Waals surface area contributed by atoms with E-state index in [0.29, 0.717) is 0 Å². The second kappa shape index (κ2) is 11.4. The fourth-order valence-electron chi connectivity index (χ4n) is 3.22. The van der Waals surface area contributed by atoms with E-state index in [4.69, 9.17) is 23.7 Å². The van der Waals surface area contributed by atoms with Gasteiger partial charge in [-0.1, -0.05) is 0 Å². The molecule has 0 spiro atoms. The molecule has 1 fully saturated rings. The van der Waals surface area contributed by atoms with Gasteiger partial charge in [-0.25, -0.2) is 4.79 Å². The van der Waals surface area contributed by atoms with Gasteiger partial charge < -0.3 is 33.5 Å². The van der Waals surface area contributed by atoms with E-state index in [0.717, 1.165) is 46.1 Å². The van der Waals surface area contributed by atoms with Gasteiger partial charge in [-0.05, 0) is 6.07 Å². The monoisotopic (exact) mass is 485 g/mol. The van der Waals surface area contributed by atoms with Crippen LogP contribution in [0, 0.1) is 10.1 Å². The predicted octanol–water partition coefficient (Wildman–Crippen LogP) is 0.159. The summed E-state index contributed by atoms with van der Waals surface area (Å²) in [6, 6.07) is 3.28. The predicted molar refractivity (Wildman–Crippen MR) is 107 cm³/mol. The van der Waals surface area contributed by atoms with Gasteiger partial charge in [-0.15, -0.1) is 0 Å². The topological polar surface area (TPSA) is 187 Å². The van der Waals surface area contributed by atoms with Gasteiger partial charge in [0.15, 0.2) is 18.3 Å². The molecule has 1 aliphatic heterocycles. The Hall–Kier alpha value is -3.78. The highest BCUT2D eigenvalue weighted by atomic mass is 16.7. The average molecular weight is 485 g/mol. The first-order valence-corrected chi connectivity index (χ1v) is 9.78. The number of aliphatic hydroxyl groups excluding tert-OH is 1. The average Bonchev–Trinajstić information content (AvgIpc) is 2.76. The molecule has 0 aliphatic carbocycles. The molecule has 5 atom stereocenters. The lowest BCUT2D eigenvalue weighted by Gasteiger charge is -2.43. The minimum absolute atomic E-state index is 0.0276. The zero-order valence-electron chi connectivity index (χ0n) is 18.6. The van der Waals surface area contributed by atoms with Crippen LogP contribution in [0.25, 0.3) is 0 Å². The molecule has 1 saturated heterocycles. The molecule has 0 radical (unpaired) electrons. The Morgan fingerprint density at radius 1 is 1.00 bits per heavy atom. The highest BCUT2D eigenvalue weighted by Gasteiger charge is 2.55. The Kier molecular flexibility index (Phi) is 8.86. The molecule has 1 N–H and O–H groups in total. The number of hydrogen-bond donors (Lipinski definition) is 1. The number of hydrogen-bond acceptors (Lipinski definition) is 13. The smallest absolute Gasteiger partial charge is 0.339 e. The number of nitro benzene ring substituents is 1. The van der Waals surface area contributed by atoms with E-state index in [1.165, 1.54) is 0 Å². The van der Waals surface area contributed by atoms with Crippen LogP contribution in [0.3, 0.4) is 0 Å². The van der Waals surface area contributed by atoms with Crippen LogP contribution in [0.1, 0.15) is 26.3 Å². The van der Waals surface area contributed by atoms with Crippen molar-refractivity contribution in [3.63, 3.8) is 0 Å². The van der Waals surface area contributed by atoms with Gasteiger partial charge in [0.1, 0.15) is 5.75 Å². The summed E-state index contributed by atoms with van der Waals surface area (Å²) in [5, 5.41) is 20.7. The van der Waals surface area contributed by atoms with E-state index in [1.807, 2.05) is 0 Å². The van der Waals surface area contributed by atoms with Crippen molar-refractivity contribution in [3.8, 4) is 5.75 Å². The van der Waals surface area contributed by atoms with Crippen molar-refractivity contribution in [1.82, 2.24) is 0 Å². The summed E-state index contributed by atoms with van der Waals surface area (Å²) in [6.45, 7) is 2.44. The number of ether oxygens (including phenoxy) is 6. The zero-order valence-corrected chi connectivity index (χ0v) is 18.6. The molecule has 1 aromatic carbocycles. The first-order chi connectivity index (χ1) is 16.0. The van der Waals surface area contributed by atoms with Crippen molar-refractivity contribution in [2.24, 2.45) is 0 Å². The molecule has 0 amide bonds. The summed E-state index contributed by atoms with van der Waals surface area (Å²) in [7, 11) is 1.03. The zero-order chi connectivity index (χ0) is 25.6. The van der Waals surface area contributed by atoms with Gasteiger partial charge in [0.25, 0.3) is 5.69 Å². The molecule has 2 rings (SSSR count). The van der Waals surface area contributed by atoms with Gasteiger partial charge in [0.2, 0.25) is 12.4 Å². The molecule has 1 heterocycles. The SMILES string of the molecule is COC(=O)[C@H]1O[C@@H](Oc2ccc([N+](=O)[O-])cc2CO)[C@H](OC(C)=O)[C@@H](OC(C)=O)[C@@H]1OC(C)=O. The summed E-state index contributed by atoms with van der Waals surface area (Å²) < 4.78 is 31.5. The lowest BCUT2D eigenvalue weighted by atomic mass is 9.97. The van der Waals surface area contributed by atoms with Crippen LogP contribution < -0.4 is 4.74 Å². The number of nitro groups is 1. The summed E-state index contributed by atoms with van der Waals surface area (Å²) in [5.41, 5.74) is -0.363. The number of aliphatic hydroxyl groups is 1. The first-order valence-electron chi connectivity index (χ1n) is 9.78. The minimum atomic E-state index is -1.68. The number of esters is 4. The van der Waals surface area contributed by atoms with Gasteiger partial charge in [0.05, 0.1) is 18.6 Å². The van der Waals surface area contributed by atoms with Crippen LogP contribution in [-0.4, -0.2) is 71.7 Å². The molecule has 0 saturated carbocycles. The minimum Gasteiger partial charge on any atom is -0.467 e. The number of carbonyl (C=O) groups excluding carboxylic acids is 4. The van der Waals surface area contributed by atoms with Crippen molar-refractivity contribution < 1.29 is 57.6 Å². The summed E-state index contributed by atoms with van der Waals surface area (Å²) in [5.74, 6) is -3.73. The number of nitrogens with zero attached hydrogens (tertiary/aromatic N) is 1. The second-order valence-electron chi connectivity index (χ2n) is 7.00. The standard InChI is InChI=1S/C20H23NO13/c1-9(23)30-15-16(31-10(2)24)18(32-11(3)25)20(34-17(15)19(26)29-4)33-14-6-5-13(21(27)28)7-12(14)8-22/h5-7,15-18,20,22H,8H2,1-4H3/t15-,16-,17-,18+,20+/m0/s1. The largest absolute Gasteiger partial charge is 0.467 e. The highest BCUT2D eigenvalue weighted by molar-refractivity contribution is 5.77. The molecular formula is C20H23NO13. The van der Waals surface area contributed by atoms with E-state index >= 15 is 0 Å². The Morgan fingerprint density at radius 2 is 1.56 bits per heavy atom. The van der Waals surface area contributed by atoms with Crippen molar-refractivity contribution in [2.75, 3.05) is 7.11 Å². The molecule has 186 valence electrons. The van der Waals surface area contributed by atoms with Crippen LogP contribution in [0.4, 0.5) is 5.69 Å². The third kappa shape index (κ3) is 6.39. The third-order valence-corrected chi connectivity index (χ3v) is 4.50. The quantitative estimate of drug-likeness (QED) is 0.227. The maximum Gasteiger partial charge on any atom is 0.339 e. The molecule has 14 nitrogen and oxygen atoms in total. The number of rotatable bonds is 8. The molecule has 0 bridgehead atoms. The fraction of sp³-hybridized carbons (Fsp3) is 0.500. The van der Waals surface area contributed by atoms with Crippen LogP contribution in [0.5, 0.6) is 5.75 Å². The number of non-ortho nitro benzene ring substituents is 1. The van der Waals surface area contributed by atoms with Gasteiger partial charge in [0, 0.05) is 38.5 Å². The normalized spacial score (nSPS) is 23.9. The van der Waals surface area contributed by atoms with Gasteiger partial charge in [-0.2, -0.15) is 0 Å². The van der Waals surface area contributed by atoms with Crippen LogP contribution in [-0.2, 0) is 49.5 Å². The highest BCUT2D eigenvalue weighted by Crippen LogP contribution is 2.33. The van der Waals surface area contributed by atoms with Crippen molar-refractivity contribution in [3.05, 3.63) is 33.9 Å². The Balaban J connectivity index is 2.56. The van der Waals surface area contributed by atoms with Crippen molar-refractivity contribution in [1.29, 1.82) is 0 Å². The third-order valence-electron chi connectivity index (χ3n) is 4.50. The van der Waals surface area contributed by atoms with Crippen molar-refractivity contribution >= 4 is 29.6 Å². The molecule has 1 aliphatic rings. The lowest BCUT2D eigenvalue weighted by Crippen LogP contribution is -2.64. The van der Waals surface area contributed by atoms with E-state index in [2.05, 4.69) is 4.74 Å². The van der Waals surface area contributed by atoms with Crippen molar-refractivity contribution in [2.45, 2.75) is 58.1 Å². The number of methoxy groups -OCH3 is 1. The summed E-state index contributed by atoms with van der Waals surface area (Å²) in [6.07, 6.45) is -8.04. The molecule has 0 aromatic heterocycles. The Bertz CT molecular complexity index is 962. The Morgan fingerprint density at radius 3 is 2.06 bits per heavy atom. The van der Waals surface area contributed by atoms with Crippen LogP contribution in [0.15, 0.2) is 18.2 Å². The van der Waals surface area contributed by atoms with Gasteiger partial charge >= 0.3 is 23.9 Å². The first kappa shape index (κ1) is 26.5. The van der Waals surface area contributed by atoms with Crippen LogP contribution >= 0.6 is 0 Å². The molecule has 1 aromatic rings. The molecular weight excluding hydrogens is 462 g/mol. The molecule has 34 heavy (non-hydrogen) atoms.